The molecule has 0 heterocycles. The normalized spacial score (nSPS) is 32.8. The van der Waals surface area contributed by atoms with E-state index < -0.39 is 28.7 Å². The Hall–Kier alpha value is -3.72. The van der Waals surface area contributed by atoms with E-state index in [9.17, 15) is 19.2 Å². The number of hydrogen-bond acceptors (Lipinski definition) is 6. The maximum absolute atomic E-state index is 14.4. The van der Waals surface area contributed by atoms with Crippen molar-refractivity contribution in [2.45, 2.75) is 122 Å². The van der Waals surface area contributed by atoms with Gasteiger partial charge in [0.2, 0.25) is 17.7 Å². The van der Waals surface area contributed by atoms with Gasteiger partial charge in [0.05, 0.1) is 16.9 Å². The Kier molecular flexibility index (Phi) is 8.76. The molecule has 9 heteroatoms. The molecule has 2 aromatic carbocycles. The van der Waals surface area contributed by atoms with E-state index in [-0.39, 0.29) is 47.3 Å². The summed E-state index contributed by atoms with van der Waals surface area (Å²) in [6, 6.07) is 11.2. The number of aliphatic carboxylic acids is 1. The lowest BCUT2D eigenvalue weighted by Crippen LogP contribution is -2.60. The first-order chi connectivity index (χ1) is 22.6. The van der Waals surface area contributed by atoms with Crippen molar-refractivity contribution in [2.24, 2.45) is 28.4 Å². The van der Waals surface area contributed by atoms with Gasteiger partial charge in [-0.1, -0.05) is 52.7 Å². The van der Waals surface area contributed by atoms with Crippen molar-refractivity contribution in [1.82, 2.24) is 5.32 Å². The predicted molar refractivity (Wildman–Crippen MR) is 186 cm³/mol. The maximum Gasteiger partial charge on any atom is 0.303 e. The Morgan fingerprint density at radius 3 is 1.88 bits per heavy atom. The number of hydrogen-bond donors (Lipinski definition) is 5. The molecule has 0 aromatic heterocycles. The van der Waals surface area contributed by atoms with Gasteiger partial charge < -0.3 is 21.9 Å². The monoisotopic (exact) mass is 656 g/mol. The minimum Gasteiger partial charge on any atom is -0.481 e. The lowest BCUT2D eigenvalue weighted by atomic mass is 9.49. The molecule has 0 spiro atoms. The lowest BCUT2D eigenvalue weighted by Gasteiger charge is -2.56. The number of rotatable bonds is 7. The summed E-state index contributed by atoms with van der Waals surface area (Å²) in [5.41, 5.74) is 16.6. The highest BCUT2D eigenvalue weighted by atomic mass is 16.4. The minimum atomic E-state index is -0.992. The molecule has 3 amide bonds. The molecule has 2 fully saturated rings. The average Bonchev–Trinajstić information content (AvgIpc) is 3.03. The second-order valence-electron chi connectivity index (χ2n) is 16.2. The van der Waals surface area contributed by atoms with Crippen LogP contribution in [0.5, 0.6) is 0 Å². The van der Waals surface area contributed by atoms with E-state index in [0.29, 0.717) is 12.1 Å². The number of anilines is 2. The molecule has 0 aliphatic heterocycles. The summed E-state index contributed by atoms with van der Waals surface area (Å²) in [5.74, 6) is -1.61. The first kappa shape index (κ1) is 34.2. The van der Waals surface area contributed by atoms with Crippen LogP contribution in [0.3, 0.4) is 0 Å². The zero-order chi connectivity index (χ0) is 34.6. The van der Waals surface area contributed by atoms with Gasteiger partial charge in [-0.3, -0.25) is 24.5 Å². The second kappa shape index (κ2) is 12.3. The minimum absolute atomic E-state index is 0.0109. The van der Waals surface area contributed by atoms with E-state index in [1.165, 1.54) is 16.7 Å². The topological polar surface area (TPSA) is 165 Å². The van der Waals surface area contributed by atoms with Crippen LogP contribution in [0, 0.1) is 22.7 Å². The number of nitrogens with one attached hydrogen (secondary N) is 2. The van der Waals surface area contributed by atoms with Crippen LogP contribution in [0.15, 0.2) is 36.4 Å². The predicted octanol–water partition coefficient (Wildman–Crippen LogP) is 5.76. The molecule has 7 N–H and O–H groups in total. The number of carboxylic acids is 1. The number of carboxylic acid groups (broad SMARTS) is 1. The van der Waals surface area contributed by atoms with Crippen LogP contribution in [0.4, 0.5) is 11.4 Å². The number of carbonyl (C=O) groups excluding carboxylic acids is 3. The van der Waals surface area contributed by atoms with E-state index in [2.05, 4.69) is 43.5 Å². The van der Waals surface area contributed by atoms with Gasteiger partial charge in [-0.2, -0.15) is 0 Å². The molecular formula is C39H52N4O5. The fourth-order valence-corrected chi connectivity index (χ4v) is 10.6. The number of nitrogens with two attached hydrogens (primary N) is 2. The molecule has 4 aliphatic rings. The summed E-state index contributed by atoms with van der Waals surface area (Å²) in [6.45, 7) is 8.63. The summed E-state index contributed by atoms with van der Waals surface area (Å²) in [4.78, 5) is 52.5. The summed E-state index contributed by atoms with van der Waals surface area (Å²) >= 11 is 0. The Balaban J connectivity index is 1.22. The second-order valence-corrected chi connectivity index (χ2v) is 16.2. The Bertz CT molecular complexity index is 1660. The van der Waals surface area contributed by atoms with E-state index in [4.69, 9.17) is 16.6 Å². The highest BCUT2D eigenvalue weighted by Gasteiger charge is 2.58. The zero-order valence-electron chi connectivity index (χ0n) is 28.9. The van der Waals surface area contributed by atoms with Crippen molar-refractivity contribution in [3.8, 4) is 0 Å². The molecule has 1 unspecified atom stereocenters. The highest BCUT2D eigenvalue weighted by molar-refractivity contribution is 6.01. The number of fused-ring (bicyclic) bond motifs is 6. The van der Waals surface area contributed by atoms with Crippen LogP contribution in [0.25, 0.3) is 0 Å². The Morgan fingerprint density at radius 2 is 1.33 bits per heavy atom. The summed E-state index contributed by atoms with van der Waals surface area (Å²) in [7, 11) is 0. The standard InChI is InChI=1S/C39H52N4O5/c1-36-17-5-19-38(3,30(36)14-9-23-7-11-25(40)21-27(23)36)34(47)43-35(48)39(4)20-6-18-37(2)28-22-26(12-8-24(28)10-15-31(37)39)42-33(46)29(41)13-16-32(44)45/h7-8,11-12,21-22,29-31H,5-6,9-10,13-20,40-41H2,1-4H3,(H,42,46)(H,44,45)(H,43,47,48)/t29?,30-,31-,36-,37-,38+,39+/m1/s1. The molecule has 9 nitrogen and oxygen atoms in total. The number of aryl methyl sites for hydroxylation is 2. The van der Waals surface area contributed by atoms with E-state index in [0.717, 1.165) is 69.0 Å². The SMILES string of the molecule is C[C@]1(C(=O)NC(=O)[C@@]2(C)CCC[C@]3(C)c4cc(NC(=O)C(N)CCC(=O)O)ccc4CC[C@@H]23)CCC[C@]2(C)c3cc(N)ccc3CC[C@@H]12. The average molecular weight is 657 g/mol. The van der Waals surface area contributed by atoms with Crippen molar-refractivity contribution in [2.75, 3.05) is 11.1 Å². The Morgan fingerprint density at radius 1 is 0.812 bits per heavy atom. The third kappa shape index (κ3) is 5.61. The molecule has 6 rings (SSSR count). The van der Waals surface area contributed by atoms with Crippen LogP contribution in [0.1, 0.15) is 114 Å². The first-order valence-corrected chi connectivity index (χ1v) is 17.8. The number of benzene rings is 2. The van der Waals surface area contributed by atoms with Crippen molar-refractivity contribution < 1.29 is 24.3 Å². The van der Waals surface area contributed by atoms with Crippen molar-refractivity contribution in [3.63, 3.8) is 0 Å². The maximum atomic E-state index is 14.4. The zero-order valence-corrected chi connectivity index (χ0v) is 28.9. The Labute approximate surface area is 284 Å². The van der Waals surface area contributed by atoms with Gasteiger partial charge in [-0.05, 0) is 127 Å². The van der Waals surface area contributed by atoms with Crippen LogP contribution in [0.2, 0.25) is 0 Å². The molecule has 0 radical (unpaired) electrons. The quantitative estimate of drug-likeness (QED) is 0.187. The molecular weight excluding hydrogens is 604 g/mol. The van der Waals surface area contributed by atoms with Crippen molar-refractivity contribution in [3.05, 3.63) is 58.7 Å². The van der Waals surface area contributed by atoms with Crippen LogP contribution in [-0.2, 0) is 42.8 Å². The van der Waals surface area contributed by atoms with E-state index >= 15 is 0 Å². The molecule has 2 aromatic rings. The highest BCUT2D eigenvalue weighted by Crippen LogP contribution is 2.59. The van der Waals surface area contributed by atoms with Gasteiger partial charge in [0.25, 0.3) is 0 Å². The fourth-order valence-electron chi connectivity index (χ4n) is 10.6. The first-order valence-electron chi connectivity index (χ1n) is 17.8. The fraction of sp³-hybridized carbons (Fsp3) is 0.590. The molecule has 7 atom stereocenters. The van der Waals surface area contributed by atoms with Gasteiger partial charge in [-0.15, -0.1) is 0 Å². The van der Waals surface area contributed by atoms with Crippen molar-refractivity contribution in [1.29, 1.82) is 0 Å². The van der Waals surface area contributed by atoms with Gasteiger partial charge in [-0.25, -0.2) is 0 Å². The molecule has 2 saturated carbocycles. The van der Waals surface area contributed by atoms with E-state index in [1.54, 1.807) is 0 Å². The molecule has 48 heavy (non-hydrogen) atoms. The third-order valence-electron chi connectivity index (χ3n) is 13.3. The molecule has 258 valence electrons. The largest absolute Gasteiger partial charge is 0.481 e. The lowest BCUT2D eigenvalue weighted by molar-refractivity contribution is -0.150. The van der Waals surface area contributed by atoms with Gasteiger partial charge in [0.15, 0.2) is 0 Å². The van der Waals surface area contributed by atoms with Crippen LogP contribution >= 0.6 is 0 Å². The molecule has 4 aliphatic carbocycles. The van der Waals surface area contributed by atoms with E-state index in [1.807, 2.05) is 31.2 Å². The molecule has 0 saturated heterocycles. The third-order valence-corrected chi connectivity index (χ3v) is 13.3. The summed E-state index contributed by atoms with van der Waals surface area (Å²) in [5, 5.41) is 14.9. The van der Waals surface area contributed by atoms with Crippen LogP contribution < -0.4 is 22.1 Å². The van der Waals surface area contributed by atoms with Crippen LogP contribution in [-0.4, -0.2) is 34.8 Å². The summed E-state index contributed by atoms with van der Waals surface area (Å²) in [6.07, 6.45) is 8.45. The molecule has 0 bridgehead atoms. The van der Waals surface area contributed by atoms with Gasteiger partial charge >= 0.3 is 5.97 Å². The smallest absolute Gasteiger partial charge is 0.303 e. The van der Waals surface area contributed by atoms with Gasteiger partial charge in [0.1, 0.15) is 0 Å². The number of nitrogen functional groups attached to an aromatic ring is 1. The number of carbonyl (C=O) groups is 4. The number of amides is 3. The van der Waals surface area contributed by atoms with Gasteiger partial charge in [0, 0.05) is 17.8 Å². The van der Waals surface area contributed by atoms with Crippen molar-refractivity contribution >= 4 is 35.1 Å². The number of imide groups is 1. The summed E-state index contributed by atoms with van der Waals surface area (Å²) < 4.78 is 0.